The number of rotatable bonds is 5. The Morgan fingerprint density at radius 1 is 0.633 bits per heavy atom. The fourth-order valence-electron chi connectivity index (χ4n) is 7.38. The van der Waals surface area contributed by atoms with Crippen LogP contribution < -0.4 is 0 Å². The first-order valence-corrected chi connectivity index (χ1v) is 16.7. The van der Waals surface area contributed by atoms with Crippen molar-refractivity contribution in [1.29, 1.82) is 0 Å². The van der Waals surface area contributed by atoms with Crippen molar-refractivity contribution in [2.75, 3.05) is 0 Å². The lowest BCUT2D eigenvalue weighted by atomic mass is 9.87. The molecule has 3 nitrogen and oxygen atoms in total. The molecule has 0 spiro atoms. The Morgan fingerprint density at radius 3 is 2.14 bits per heavy atom. The molecule has 0 aliphatic rings. The predicted octanol–water partition coefficient (Wildman–Crippen LogP) is 13.0. The highest BCUT2D eigenvalue weighted by Gasteiger charge is 2.25. The van der Waals surface area contributed by atoms with Gasteiger partial charge in [0.1, 0.15) is 22.8 Å². The molecule has 9 aromatic rings. The van der Waals surface area contributed by atoms with Gasteiger partial charge in [0, 0.05) is 19.6 Å². The van der Waals surface area contributed by atoms with Crippen LogP contribution in [0.5, 0.6) is 0 Å². The Bertz CT molecular complexity index is 2820. The average Bonchev–Trinajstić information content (AvgIpc) is 3.68. The lowest BCUT2D eigenvalue weighted by Crippen LogP contribution is -2.09. The molecule has 7 aromatic carbocycles. The van der Waals surface area contributed by atoms with Crippen LogP contribution in [0.3, 0.4) is 0 Å². The average molecular weight is 641 g/mol. The van der Waals surface area contributed by atoms with Crippen molar-refractivity contribution in [3.63, 3.8) is 0 Å². The number of aromatic nitrogens is 2. The third-order valence-corrected chi connectivity index (χ3v) is 9.75. The molecule has 0 aliphatic heterocycles. The zero-order valence-electron chi connectivity index (χ0n) is 29.8. The summed E-state index contributed by atoms with van der Waals surface area (Å²) in [5.74, 6) is -1.84. The zero-order valence-corrected chi connectivity index (χ0v) is 27.8. The Labute approximate surface area is 287 Å². The maximum atomic E-state index is 14.3. The van der Waals surface area contributed by atoms with Crippen molar-refractivity contribution in [2.45, 2.75) is 39.5 Å². The molecule has 4 heteroatoms. The van der Waals surface area contributed by atoms with Gasteiger partial charge in [-0.05, 0) is 104 Å². The summed E-state index contributed by atoms with van der Waals surface area (Å²) >= 11 is 0. The second kappa shape index (κ2) is 11.2. The third-order valence-electron chi connectivity index (χ3n) is 9.75. The highest BCUT2D eigenvalue weighted by atomic mass is 19.1. The summed E-state index contributed by atoms with van der Waals surface area (Å²) in [5, 5.41) is 6.42. The van der Waals surface area contributed by atoms with Gasteiger partial charge in [-0.1, -0.05) is 100 Å². The zero-order chi connectivity index (χ0) is 35.2. The molecule has 0 bridgehead atoms. The molecular weight excluding hydrogens is 604 g/mol. The summed E-state index contributed by atoms with van der Waals surface area (Å²) in [6.45, 7) is 7.60. The van der Waals surface area contributed by atoms with E-state index in [9.17, 15) is 7.13 Å². The number of nitrogens with zero attached hydrogens (tertiary/aromatic N) is 2. The number of fused-ring (bicyclic) bond motifs is 7. The second-order valence-electron chi connectivity index (χ2n) is 13.3. The summed E-state index contributed by atoms with van der Waals surface area (Å²) in [4.78, 5) is 5.19. The lowest BCUT2D eigenvalue weighted by Gasteiger charge is -2.24. The minimum absolute atomic E-state index is 0.361. The van der Waals surface area contributed by atoms with Crippen LogP contribution in [-0.4, -0.2) is 9.55 Å². The molecule has 0 aliphatic carbocycles. The number of furan rings is 1. The van der Waals surface area contributed by atoms with Gasteiger partial charge in [-0.3, -0.25) is 4.57 Å². The van der Waals surface area contributed by atoms with Crippen LogP contribution in [0.4, 0.5) is 4.39 Å². The second-order valence-corrected chi connectivity index (χ2v) is 13.3. The highest BCUT2D eigenvalue weighted by Crippen LogP contribution is 2.43. The summed E-state index contributed by atoms with van der Waals surface area (Å²) < 4.78 is 41.9. The summed E-state index contributed by atoms with van der Waals surface area (Å²) in [7, 11) is 0. The van der Waals surface area contributed by atoms with Gasteiger partial charge in [0.25, 0.3) is 0 Å². The van der Waals surface area contributed by atoms with Crippen molar-refractivity contribution in [3.05, 3.63) is 144 Å². The van der Waals surface area contributed by atoms with Gasteiger partial charge in [0.15, 0.2) is 0 Å². The van der Waals surface area contributed by atoms with Crippen molar-refractivity contribution in [3.8, 4) is 28.2 Å². The van der Waals surface area contributed by atoms with E-state index in [1.807, 2.05) is 70.2 Å². The number of hydrogen-bond donors (Lipinski definition) is 0. The molecule has 0 amide bonds. The SMILES string of the molecule is [2H]C(C)(C)c1cc(-c2ccc3c(ccc4ccccc43)c2)cc(C([2H])(C)C)c1-n1c(-c2cccc3c2oc2cc(F)ccc23)nc2ccccc21. The van der Waals surface area contributed by atoms with Crippen LogP contribution in [0.1, 0.15) is 53.4 Å². The Balaban J connectivity index is 1.35. The Morgan fingerprint density at radius 2 is 1.33 bits per heavy atom. The molecule has 49 heavy (non-hydrogen) atoms. The normalized spacial score (nSPS) is 13.2. The van der Waals surface area contributed by atoms with Gasteiger partial charge in [0.2, 0.25) is 0 Å². The molecule has 2 aromatic heterocycles. The number of para-hydroxylation sites is 3. The summed E-state index contributed by atoms with van der Waals surface area (Å²) in [5.41, 5.74) is 7.73. The Hall–Kier alpha value is -5.74. The van der Waals surface area contributed by atoms with Gasteiger partial charge < -0.3 is 4.42 Å². The molecule has 0 N–H and O–H groups in total. The van der Waals surface area contributed by atoms with Crippen LogP contribution in [0.25, 0.3) is 82.7 Å². The standard InChI is InChI=1S/C45H35FN2O/c1-26(2)38-23-31(29-18-20-34-30(22-29)17-16-28-10-5-6-11-33(28)34)24-39(27(3)4)43(38)48-41-15-8-7-14-40(41)47-45(48)37-13-9-12-36-35-21-19-32(46)25-42(35)49-44(36)37/h5-27H,1-4H3/i26D,27D. The van der Waals surface area contributed by atoms with Crippen LogP contribution in [-0.2, 0) is 0 Å². The fourth-order valence-corrected chi connectivity index (χ4v) is 7.38. The van der Waals surface area contributed by atoms with E-state index < -0.39 is 11.8 Å². The molecule has 0 unspecified atom stereocenters. The largest absolute Gasteiger partial charge is 0.455 e. The molecule has 0 fully saturated rings. The lowest BCUT2D eigenvalue weighted by molar-refractivity contribution is 0.618. The Kier molecular flexibility index (Phi) is 6.21. The van der Waals surface area contributed by atoms with Gasteiger partial charge in [-0.2, -0.15) is 0 Å². The van der Waals surface area contributed by atoms with E-state index in [1.54, 1.807) is 6.07 Å². The molecule has 2 heterocycles. The third kappa shape index (κ3) is 4.66. The van der Waals surface area contributed by atoms with E-state index in [2.05, 4.69) is 71.3 Å². The van der Waals surface area contributed by atoms with Crippen molar-refractivity contribution < 1.29 is 11.5 Å². The monoisotopic (exact) mass is 640 g/mol. The van der Waals surface area contributed by atoms with Gasteiger partial charge >= 0.3 is 0 Å². The van der Waals surface area contributed by atoms with Crippen LogP contribution >= 0.6 is 0 Å². The summed E-state index contributed by atoms with van der Waals surface area (Å²) in [6, 6.07) is 42.0. The van der Waals surface area contributed by atoms with Crippen LogP contribution in [0, 0.1) is 5.82 Å². The number of imidazole rings is 1. The smallest absolute Gasteiger partial charge is 0.149 e. The first-order valence-electron chi connectivity index (χ1n) is 17.7. The molecule has 0 saturated heterocycles. The first-order chi connectivity index (χ1) is 24.5. The quantitative estimate of drug-likeness (QED) is 0.175. The molecule has 238 valence electrons. The van der Waals surface area contributed by atoms with Crippen LogP contribution in [0.2, 0.25) is 0 Å². The number of hydrogen-bond acceptors (Lipinski definition) is 2. The topological polar surface area (TPSA) is 31.0 Å². The van der Waals surface area contributed by atoms with E-state index in [-0.39, 0.29) is 5.82 Å². The van der Waals surface area contributed by atoms with E-state index in [4.69, 9.17) is 9.40 Å². The maximum Gasteiger partial charge on any atom is 0.149 e. The number of benzene rings is 7. The van der Waals surface area contributed by atoms with E-state index in [0.717, 1.165) is 60.7 Å². The maximum absolute atomic E-state index is 14.3. The number of halogens is 1. The van der Waals surface area contributed by atoms with Gasteiger partial charge in [-0.25, -0.2) is 9.37 Å². The van der Waals surface area contributed by atoms with E-state index >= 15 is 0 Å². The minimum Gasteiger partial charge on any atom is -0.455 e. The van der Waals surface area contributed by atoms with Gasteiger partial charge in [-0.15, -0.1) is 0 Å². The summed E-state index contributed by atoms with van der Waals surface area (Å²) in [6.07, 6.45) is 0. The van der Waals surface area contributed by atoms with Gasteiger partial charge in [0.05, 0.1) is 22.3 Å². The first kappa shape index (κ1) is 27.2. The van der Waals surface area contributed by atoms with Crippen LogP contribution in [0.15, 0.2) is 132 Å². The van der Waals surface area contributed by atoms with E-state index in [1.165, 1.54) is 28.3 Å². The highest BCUT2D eigenvalue weighted by molar-refractivity contribution is 6.10. The minimum atomic E-state index is -1.05. The molecular formula is C45H35FN2O. The predicted molar refractivity (Wildman–Crippen MR) is 202 cm³/mol. The van der Waals surface area contributed by atoms with Crippen molar-refractivity contribution in [2.24, 2.45) is 0 Å². The molecule has 0 saturated carbocycles. The van der Waals surface area contributed by atoms with E-state index in [0.29, 0.717) is 17.0 Å². The molecule has 0 atom stereocenters. The van der Waals surface area contributed by atoms with Crippen molar-refractivity contribution in [1.82, 2.24) is 9.55 Å². The fraction of sp³-hybridized carbons (Fsp3) is 0.133. The van der Waals surface area contributed by atoms with Crippen molar-refractivity contribution >= 4 is 54.5 Å². The molecule has 9 rings (SSSR count). The molecule has 0 radical (unpaired) electrons.